The third-order valence-corrected chi connectivity index (χ3v) is 5.85. The van der Waals surface area contributed by atoms with Gasteiger partial charge in [0.25, 0.3) is 0 Å². The van der Waals surface area contributed by atoms with E-state index >= 15 is 0 Å². The van der Waals surface area contributed by atoms with E-state index in [-0.39, 0.29) is 6.04 Å². The molecule has 2 aromatic rings. The van der Waals surface area contributed by atoms with Crippen LogP contribution >= 0.6 is 0 Å². The lowest BCUT2D eigenvalue weighted by atomic mass is 10.0. The van der Waals surface area contributed by atoms with Crippen molar-refractivity contribution in [3.05, 3.63) is 42.0 Å². The molecule has 1 aromatic heterocycles. The van der Waals surface area contributed by atoms with Gasteiger partial charge in [-0.05, 0) is 36.5 Å². The van der Waals surface area contributed by atoms with Crippen molar-refractivity contribution in [1.29, 1.82) is 0 Å². The molecule has 1 aliphatic heterocycles. The van der Waals surface area contributed by atoms with Crippen LogP contribution in [0.5, 0.6) is 0 Å². The average molecular weight is 334 g/mol. The van der Waals surface area contributed by atoms with Crippen molar-refractivity contribution < 1.29 is 8.42 Å². The Morgan fingerprint density at radius 3 is 2.65 bits per heavy atom. The Balaban J connectivity index is 1.70. The van der Waals surface area contributed by atoms with E-state index in [9.17, 15) is 8.42 Å². The summed E-state index contributed by atoms with van der Waals surface area (Å²) in [6, 6.07) is 7.06. The van der Waals surface area contributed by atoms with Crippen molar-refractivity contribution in [2.24, 2.45) is 0 Å². The van der Waals surface area contributed by atoms with Gasteiger partial charge in [-0.3, -0.25) is 0 Å². The van der Waals surface area contributed by atoms with E-state index < -0.39 is 10.0 Å². The first-order chi connectivity index (χ1) is 11.0. The highest BCUT2D eigenvalue weighted by atomic mass is 32.2. The van der Waals surface area contributed by atoms with Crippen molar-refractivity contribution in [1.82, 2.24) is 19.5 Å². The fourth-order valence-electron chi connectivity index (χ4n) is 2.84. The van der Waals surface area contributed by atoms with Crippen LogP contribution in [0.25, 0.3) is 0 Å². The number of nitrogens with one attached hydrogen (secondary N) is 1. The van der Waals surface area contributed by atoms with Crippen LogP contribution < -0.4 is 4.72 Å². The molecule has 7 heteroatoms. The van der Waals surface area contributed by atoms with Gasteiger partial charge >= 0.3 is 0 Å². The molecule has 0 bridgehead atoms. The molecule has 0 amide bonds. The molecule has 0 saturated carbocycles. The maximum Gasteiger partial charge on any atom is 0.240 e. The molecule has 0 fully saturated rings. The van der Waals surface area contributed by atoms with Crippen LogP contribution in [0.1, 0.15) is 44.0 Å². The van der Waals surface area contributed by atoms with Gasteiger partial charge in [0.05, 0.1) is 4.90 Å². The number of aryl methyl sites for hydroxylation is 2. The molecule has 23 heavy (non-hydrogen) atoms. The summed E-state index contributed by atoms with van der Waals surface area (Å²) in [6.07, 6.45) is 3.92. The smallest absolute Gasteiger partial charge is 0.240 e. The Morgan fingerprint density at radius 1 is 1.22 bits per heavy atom. The molecule has 1 atom stereocenters. The number of rotatable bonds is 4. The molecule has 0 radical (unpaired) electrons. The quantitative estimate of drug-likeness (QED) is 0.929. The normalized spacial score (nSPS) is 18.7. The van der Waals surface area contributed by atoms with E-state index in [0.717, 1.165) is 37.2 Å². The molecule has 0 aliphatic carbocycles. The van der Waals surface area contributed by atoms with Crippen LogP contribution in [0.4, 0.5) is 0 Å². The lowest BCUT2D eigenvalue weighted by Crippen LogP contribution is -2.35. The first-order valence-electron chi connectivity index (χ1n) is 7.94. The third-order valence-electron chi connectivity index (χ3n) is 4.31. The van der Waals surface area contributed by atoms with E-state index in [4.69, 9.17) is 0 Å². The number of hydrogen-bond donors (Lipinski definition) is 1. The van der Waals surface area contributed by atoms with Gasteiger partial charge in [-0.1, -0.05) is 26.0 Å². The first kappa shape index (κ1) is 16.1. The van der Waals surface area contributed by atoms with E-state index in [0.29, 0.717) is 10.8 Å². The van der Waals surface area contributed by atoms with Crippen LogP contribution in [0.15, 0.2) is 35.5 Å². The fourth-order valence-corrected chi connectivity index (χ4v) is 4.14. The maximum atomic E-state index is 12.6. The van der Waals surface area contributed by atoms with Crippen molar-refractivity contribution in [3.63, 3.8) is 0 Å². The lowest BCUT2D eigenvalue weighted by Gasteiger charge is -2.16. The minimum Gasteiger partial charge on any atom is -0.318 e. The van der Waals surface area contributed by atoms with Gasteiger partial charge in [-0.2, -0.15) is 0 Å². The van der Waals surface area contributed by atoms with E-state index in [1.807, 2.05) is 16.7 Å². The second-order valence-electron chi connectivity index (χ2n) is 6.31. The summed E-state index contributed by atoms with van der Waals surface area (Å²) in [5.41, 5.74) is 1.14. The van der Waals surface area contributed by atoms with E-state index in [1.54, 1.807) is 18.5 Å². The fraction of sp³-hybridized carbons (Fsp3) is 0.500. The predicted molar refractivity (Wildman–Crippen MR) is 87.6 cm³/mol. The monoisotopic (exact) mass is 334 g/mol. The molecule has 1 N–H and O–H groups in total. The van der Waals surface area contributed by atoms with Crippen LogP contribution in [0.3, 0.4) is 0 Å². The van der Waals surface area contributed by atoms with Gasteiger partial charge in [0.2, 0.25) is 10.0 Å². The number of fused-ring (bicyclic) bond motifs is 1. The van der Waals surface area contributed by atoms with Gasteiger partial charge in [-0.15, -0.1) is 10.2 Å². The summed E-state index contributed by atoms with van der Waals surface area (Å²) in [6.45, 7) is 4.92. The zero-order valence-electron chi connectivity index (χ0n) is 13.4. The van der Waals surface area contributed by atoms with Crippen LogP contribution in [-0.4, -0.2) is 29.2 Å². The molecule has 2 heterocycles. The summed E-state index contributed by atoms with van der Waals surface area (Å²) < 4.78 is 29.9. The highest BCUT2D eigenvalue weighted by Gasteiger charge is 2.23. The number of hydrogen-bond acceptors (Lipinski definition) is 4. The summed E-state index contributed by atoms with van der Waals surface area (Å²) in [5, 5.41) is 7.96. The standard InChI is InChI=1S/C16H22N4O2S/c1-12(2)13-3-6-15(7-4-13)23(21,22)19-14-5-8-16-18-17-11-20(16)10-9-14/h3-4,6-7,11-12,14,19H,5,8-10H2,1-2H3. The summed E-state index contributed by atoms with van der Waals surface area (Å²) in [5.74, 6) is 1.31. The Morgan fingerprint density at radius 2 is 1.96 bits per heavy atom. The lowest BCUT2D eigenvalue weighted by molar-refractivity contribution is 0.496. The van der Waals surface area contributed by atoms with Crippen molar-refractivity contribution in [2.75, 3.05) is 0 Å². The van der Waals surface area contributed by atoms with Gasteiger partial charge in [0, 0.05) is 19.0 Å². The van der Waals surface area contributed by atoms with Gasteiger partial charge in [0.15, 0.2) is 0 Å². The molecule has 124 valence electrons. The Hall–Kier alpha value is -1.73. The number of aromatic nitrogens is 3. The topological polar surface area (TPSA) is 76.9 Å². The molecule has 1 unspecified atom stereocenters. The minimum absolute atomic E-state index is 0.0773. The number of nitrogens with zero attached hydrogens (tertiary/aromatic N) is 3. The third kappa shape index (κ3) is 3.61. The molecular formula is C16H22N4O2S. The Bertz CT molecular complexity index is 743. The minimum atomic E-state index is -3.48. The summed E-state index contributed by atoms with van der Waals surface area (Å²) in [7, 11) is -3.48. The average Bonchev–Trinajstić information content (AvgIpc) is 2.89. The molecule has 6 nitrogen and oxygen atoms in total. The van der Waals surface area contributed by atoms with Gasteiger partial charge < -0.3 is 4.57 Å². The Labute approximate surface area is 137 Å². The van der Waals surface area contributed by atoms with Crippen LogP contribution in [0.2, 0.25) is 0 Å². The van der Waals surface area contributed by atoms with Gasteiger partial charge in [-0.25, -0.2) is 13.1 Å². The highest BCUT2D eigenvalue weighted by molar-refractivity contribution is 7.89. The van der Waals surface area contributed by atoms with Crippen molar-refractivity contribution >= 4 is 10.0 Å². The SMILES string of the molecule is CC(C)c1ccc(S(=O)(=O)NC2CCc3nncn3CC2)cc1. The van der Waals surface area contributed by atoms with Gasteiger partial charge in [0.1, 0.15) is 12.2 Å². The maximum absolute atomic E-state index is 12.6. The van der Waals surface area contributed by atoms with Crippen molar-refractivity contribution in [2.45, 2.75) is 56.5 Å². The zero-order chi connectivity index (χ0) is 16.4. The first-order valence-corrected chi connectivity index (χ1v) is 9.43. The number of benzene rings is 1. The summed E-state index contributed by atoms with van der Waals surface area (Å²) >= 11 is 0. The molecule has 0 spiro atoms. The molecule has 3 rings (SSSR count). The predicted octanol–water partition coefficient (Wildman–Crippen LogP) is 2.08. The number of sulfonamides is 1. The largest absolute Gasteiger partial charge is 0.318 e. The van der Waals surface area contributed by atoms with Crippen LogP contribution in [-0.2, 0) is 23.0 Å². The van der Waals surface area contributed by atoms with E-state index in [1.165, 1.54) is 0 Å². The van der Waals surface area contributed by atoms with E-state index in [2.05, 4.69) is 28.8 Å². The van der Waals surface area contributed by atoms with Crippen molar-refractivity contribution in [3.8, 4) is 0 Å². The molecule has 1 aliphatic rings. The highest BCUT2D eigenvalue weighted by Crippen LogP contribution is 2.19. The molecule has 1 aromatic carbocycles. The molecular weight excluding hydrogens is 312 g/mol. The second-order valence-corrected chi connectivity index (χ2v) is 8.02. The van der Waals surface area contributed by atoms with Crippen LogP contribution in [0, 0.1) is 0 Å². The molecule has 0 saturated heterocycles. The Kier molecular flexibility index (Phi) is 4.50. The summed E-state index contributed by atoms with van der Waals surface area (Å²) in [4.78, 5) is 0.325. The zero-order valence-corrected chi connectivity index (χ0v) is 14.3. The second kappa shape index (κ2) is 6.41.